The summed E-state index contributed by atoms with van der Waals surface area (Å²) in [5, 5.41) is 9.22. The van der Waals surface area contributed by atoms with E-state index in [0.29, 0.717) is 0 Å². The average molecular weight is 382 g/mol. The maximum atomic E-state index is 4.60. The van der Waals surface area contributed by atoms with Crippen LogP contribution in [0.15, 0.2) is 72.4 Å². The lowest BCUT2D eigenvalue weighted by Crippen LogP contribution is -1.96. The summed E-state index contributed by atoms with van der Waals surface area (Å²) in [6.45, 7) is 4.28. The van der Waals surface area contributed by atoms with Crippen LogP contribution in [0, 0.1) is 13.8 Å². The number of hydrogen-bond acceptors (Lipinski definition) is 4. The predicted molar refractivity (Wildman–Crippen MR) is 120 cm³/mol. The van der Waals surface area contributed by atoms with E-state index in [1.165, 1.54) is 33.0 Å². The summed E-state index contributed by atoms with van der Waals surface area (Å²) in [4.78, 5) is 10.1. The Bertz CT molecular complexity index is 1320. The van der Waals surface area contributed by atoms with E-state index in [1.54, 1.807) is 17.7 Å². The fraction of sp³-hybridized carbons (Fsp3) is 0.0833. The van der Waals surface area contributed by atoms with Crippen LogP contribution in [0.25, 0.3) is 32.1 Å². The molecular weight excluding hydrogens is 362 g/mol. The van der Waals surface area contributed by atoms with Crippen molar-refractivity contribution in [2.45, 2.75) is 13.8 Å². The molecule has 5 rings (SSSR count). The lowest BCUT2D eigenvalue weighted by atomic mass is 9.99. The number of benzene rings is 3. The number of hydrogen-bond donors (Lipinski definition) is 1. The van der Waals surface area contributed by atoms with Gasteiger partial charge in [0.1, 0.15) is 17.0 Å². The fourth-order valence-corrected chi connectivity index (χ4v) is 4.65. The first-order valence-corrected chi connectivity index (χ1v) is 10.1. The van der Waals surface area contributed by atoms with Crippen LogP contribution in [-0.4, -0.2) is 9.97 Å². The number of nitrogens with one attached hydrogen (secondary N) is 1. The number of anilines is 2. The molecule has 0 aliphatic carbocycles. The highest BCUT2D eigenvalue weighted by Crippen LogP contribution is 2.39. The smallest absolute Gasteiger partial charge is 0.143 e. The standard InChI is InChI=1S/C24H19N3S/c1-15-10-11-18(16(2)12-15)20-13-28-24-22(20)23(25-14-26-24)27-21-9-5-7-17-6-3-4-8-19(17)21/h3-14H,1-2H3,(H,25,26,27). The van der Waals surface area contributed by atoms with E-state index < -0.39 is 0 Å². The van der Waals surface area contributed by atoms with Crippen LogP contribution >= 0.6 is 11.3 Å². The quantitative estimate of drug-likeness (QED) is 0.370. The topological polar surface area (TPSA) is 37.8 Å². The second-order valence-electron chi connectivity index (χ2n) is 7.02. The lowest BCUT2D eigenvalue weighted by molar-refractivity contribution is 1.23. The third kappa shape index (κ3) is 2.83. The molecule has 4 heteroatoms. The number of thiophene rings is 1. The Morgan fingerprint density at radius 1 is 0.857 bits per heavy atom. The molecule has 0 unspecified atom stereocenters. The van der Waals surface area contributed by atoms with Crippen molar-refractivity contribution in [3.05, 3.63) is 83.5 Å². The Balaban J connectivity index is 1.69. The summed E-state index contributed by atoms with van der Waals surface area (Å²) in [5.74, 6) is 0.845. The number of rotatable bonds is 3. The largest absolute Gasteiger partial charge is 0.339 e. The number of fused-ring (bicyclic) bond motifs is 2. The zero-order valence-electron chi connectivity index (χ0n) is 15.7. The van der Waals surface area contributed by atoms with Crippen LogP contribution in [0.4, 0.5) is 11.5 Å². The van der Waals surface area contributed by atoms with Gasteiger partial charge in [-0.25, -0.2) is 9.97 Å². The number of nitrogens with zero attached hydrogens (tertiary/aromatic N) is 2. The molecule has 0 atom stereocenters. The van der Waals surface area contributed by atoms with Gasteiger partial charge in [-0.1, -0.05) is 60.2 Å². The van der Waals surface area contributed by atoms with Gasteiger partial charge in [-0.3, -0.25) is 0 Å². The SMILES string of the molecule is Cc1ccc(-c2csc3ncnc(Nc4cccc5ccccc45)c23)c(C)c1. The molecule has 0 fully saturated rings. The molecule has 0 bridgehead atoms. The molecule has 5 aromatic rings. The number of aromatic nitrogens is 2. The van der Waals surface area contributed by atoms with Crippen LogP contribution in [0.5, 0.6) is 0 Å². The highest BCUT2D eigenvalue weighted by Gasteiger charge is 2.15. The zero-order chi connectivity index (χ0) is 19.1. The monoisotopic (exact) mass is 381 g/mol. The van der Waals surface area contributed by atoms with Gasteiger partial charge in [-0.05, 0) is 36.4 Å². The molecule has 0 amide bonds. The molecule has 0 aliphatic rings. The highest BCUT2D eigenvalue weighted by molar-refractivity contribution is 7.17. The van der Waals surface area contributed by atoms with Crippen LogP contribution in [0.2, 0.25) is 0 Å². The van der Waals surface area contributed by atoms with Gasteiger partial charge in [0.25, 0.3) is 0 Å². The summed E-state index contributed by atoms with van der Waals surface area (Å²) >= 11 is 1.66. The van der Waals surface area contributed by atoms with Crippen molar-refractivity contribution >= 4 is 43.8 Å². The van der Waals surface area contributed by atoms with Crippen molar-refractivity contribution in [2.24, 2.45) is 0 Å². The molecule has 2 aromatic heterocycles. The van der Waals surface area contributed by atoms with E-state index in [0.717, 1.165) is 21.7 Å². The molecule has 136 valence electrons. The summed E-state index contributed by atoms with van der Waals surface area (Å²) in [6.07, 6.45) is 1.64. The predicted octanol–water partition coefficient (Wildman–Crippen LogP) is 6.87. The van der Waals surface area contributed by atoms with E-state index in [1.807, 2.05) is 0 Å². The molecule has 2 heterocycles. The lowest BCUT2D eigenvalue weighted by Gasteiger charge is -2.12. The van der Waals surface area contributed by atoms with E-state index in [2.05, 4.69) is 95.2 Å². The van der Waals surface area contributed by atoms with Gasteiger partial charge < -0.3 is 5.32 Å². The second-order valence-corrected chi connectivity index (χ2v) is 7.88. The first-order valence-electron chi connectivity index (χ1n) is 9.25. The molecular formula is C24H19N3S. The van der Waals surface area contributed by atoms with Gasteiger partial charge in [-0.15, -0.1) is 11.3 Å². The maximum absolute atomic E-state index is 4.60. The van der Waals surface area contributed by atoms with Crippen molar-refractivity contribution in [2.75, 3.05) is 5.32 Å². The molecule has 28 heavy (non-hydrogen) atoms. The molecule has 0 spiro atoms. The van der Waals surface area contributed by atoms with Crippen LogP contribution < -0.4 is 5.32 Å². The van der Waals surface area contributed by atoms with Crippen LogP contribution in [0.3, 0.4) is 0 Å². The molecule has 0 radical (unpaired) electrons. The van der Waals surface area contributed by atoms with Crippen LogP contribution in [-0.2, 0) is 0 Å². The van der Waals surface area contributed by atoms with E-state index in [4.69, 9.17) is 0 Å². The molecule has 3 aromatic carbocycles. The van der Waals surface area contributed by atoms with Gasteiger partial charge in [0, 0.05) is 22.0 Å². The average Bonchev–Trinajstić information content (AvgIpc) is 3.13. The third-order valence-electron chi connectivity index (χ3n) is 5.09. The summed E-state index contributed by atoms with van der Waals surface area (Å²) < 4.78 is 0. The Kier molecular flexibility index (Phi) is 4.06. The van der Waals surface area contributed by atoms with Crippen molar-refractivity contribution < 1.29 is 0 Å². The maximum Gasteiger partial charge on any atom is 0.143 e. The van der Waals surface area contributed by atoms with E-state index in [9.17, 15) is 0 Å². The van der Waals surface area contributed by atoms with Crippen LogP contribution in [0.1, 0.15) is 11.1 Å². The molecule has 0 aliphatic heterocycles. The molecule has 0 saturated heterocycles. The minimum absolute atomic E-state index is 0.845. The first kappa shape index (κ1) is 16.9. The zero-order valence-corrected chi connectivity index (χ0v) is 16.5. The second kappa shape index (κ2) is 6.73. The molecule has 1 N–H and O–H groups in total. The summed E-state index contributed by atoms with van der Waals surface area (Å²) in [5.41, 5.74) is 6.00. The van der Waals surface area contributed by atoms with Gasteiger partial charge in [0.2, 0.25) is 0 Å². The van der Waals surface area contributed by atoms with Gasteiger partial charge >= 0.3 is 0 Å². The normalized spacial score (nSPS) is 11.2. The fourth-order valence-electron chi connectivity index (χ4n) is 3.75. The van der Waals surface area contributed by atoms with Crippen molar-refractivity contribution in [3.63, 3.8) is 0 Å². The minimum atomic E-state index is 0.845. The summed E-state index contributed by atoms with van der Waals surface area (Å²) in [6, 6.07) is 21.3. The van der Waals surface area contributed by atoms with Gasteiger partial charge in [0.05, 0.1) is 5.39 Å². The van der Waals surface area contributed by atoms with Crippen molar-refractivity contribution in [1.29, 1.82) is 0 Å². The summed E-state index contributed by atoms with van der Waals surface area (Å²) in [7, 11) is 0. The van der Waals surface area contributed by atoms with Crippen molar-refractivity contribution in [3.8, 4) is 11.1 Å². The van der Waals surface area contributed by atoms with Gasteiger partial charge in [-0.2, -0.15) is 0 Å². The minimum Gasteiger partial charge on any atom is -0.339 e. The Morgan fingerprint density at radius 3 is 2.61 bits per heavy atom. The Hall–Kier alpha value is -3.24. The first-order chi connectivity index (χ1) is 13.7. The highest BCUT2D eigenvalue weighted by atomic mass is 32.1. The number of aryl methyl sites for hydroxylation is 2. The van der Waals surface area contributed by atoms with E-state index >= 15 is 0 Å². The molecule has 0 saturated carbocycles. The van der Waals surface area contributed by atoms with E-state index in [-0.39, 0.29) is 0 Å². The van der Waals surface area contributed by atoms with Gasteiger partial charge in [0.15, 0.2) is 0 Å². The third-order valence-corrected chi connectivity index (χ3v) is 5.97. The molecule has 3 nitrogen and oxygen atoms in total. The van der Waals surface area contributed by atoms with Crippen molar-refractivity contribution in [1.82, 2.24) is 9.97 Å². The Morgan fingerprint density at radius 2 is 1.71 bits per heavy atom. The Labute approximate surface area is 167 Å².